The molecule has 2 aliphatic rings. The van der Waals surface area contributed by atoms with E-state index in [2.05, 4.69) is 16.9 Å². The Morgan fingerprint density at radius 3 is 2.47 bits per heavy atom. The number of carbonyl (C=O) groups is 1. The van der Waals surface area contributed by atoms with Crippen LogP contribution in [0.2, 0.25) is 0 Å². The maximum atomic E-state index is 12.1. The van der Waals surface area contributed by atoms with Crippen molar-refractivity contribution in [2.24, 2.45) is 0 Å². The summed E-state index contributed by atoms with van der Waals surface area (Å²) in [6.45, 7) is 2.96. The molecule has 19 heavy (non-hydrogen) atoms. The molecule has 0 aliphatic heterocycles. The van der Waals surface area contributed by atoms with Gasteiger partial charge in [-0.2, -0.15) is 11.8 Å². The van der Waals surface area contributed by atoms with Gasteiger partial charge in [-0.15, -0.1) is 0 Å². The Balaban J connectivity index is 1.69. The Morgan fingerprint density at radius 1 is 1.26 bits per heavy atom. The fourth-order valence-electron chi connectivity index (χ4n) is 3.03. The lowest BCUT2D eigenvalue weighted by Gasteiger charge is -2.41. The van der Waals surface area contributed by atoms with Gasteiger partial charge in [0.05, 0.1) is 6.04 Å². The predicted molar refractivity (Wildman–Crippen MR) is 82.6 cm³/mol. The fourth-order valence-corrected chi connectivity index (χ4v) is 3.95. The number of rotatable bonds is 6. The first-order valence-electron chi connectivity index (χ1n) is 7.74. The standard InChI is InChI=1S/C15H28N2OS/c1-12(16-11-15(19-2)9-6-10-15)14(18)17-13-7-4-3-5-8-13/h12-13,16H,3-11H2,1-2H3,(H,17,18). The molecule has 4 heteroatoms. The zero-order chi connectivity index (χ0) is 13.7. The molecule has 0 bridgehead atoms. The number of carbonyl (C=O) groups excluding carboxylic acids is 1. The Bertz CT molecular complexity index is 293. The molecule has 2 N–H and O–H groups in total. The molecule has 2 saturated carbocycles. The molecule has 0 spiro atoms. The van der Waals surface area contributed by atoms with Crippen LogP contribution in [0.5, 0.6) is 0 Å². The normalized spacial score (nSPS) is 24.5. The SMILES string of the molecule is CSC1(CNC(C)C(=O)NC2CCCCC2)CCC1. The molecule has 0 saturated heterocycles. The van der Waals surface area contributed by atoms with Gasteiger partial charge in [0.25, 0.3) is 0 Å². The lowest BCUT2D eigenvalue weighted by atomic mass is 9.84. The van der Waals surface area contributed by atoms with Gasteiger partial charge in [0, 0.05) is 17.3 Å². The number of amides is 1. The van der Waals surface area contributed by atoms with Gasteiger partial charge in [0.1, 0.15) is 0 Å². The first kappa shape index (κ1) is 15.2. The van der Waals surface area contributed by atoms with E-state index in [9.17, 15) is 4.79 Å². The van der Waals surface area contributed by atoms with Crippen LogP contribution in [0.4, 0.5) is 0 Å². The molecule has 1 unspecified atom stereocenters. The van der Waals surface area contributed by atoms with E-state index in [0.717, 1.165) is 19.4 Å². The van der Waals surface area contributed by atoms with Gasteiger partial charge in [-0.1, -0.05) is 25.7 Å². The van der Waals surface area contributed by atoms with Crippen molar-refractivity contribution in [1.29, 1.82) is 0 Å². The van der Waals surface area contributed by atoms with Gasteiger partial charge in [0.15, 0.2) is 0 Å². The summed E-state index contributed by atoms with van der Waals surface area (Å²) >= 11 is 1.95. The van der Waals surface area contributed by atoms with Crippen molar-refractivity contribution in [3.8, 4) is 0 Å². The van der Waals surface area contributed by atoms with Crippen LogP contribution in [-0.2, 0) is 4.79 Å². The van der Waals surface area contributed by atoms with E-state index >= 15 is 0 Å². The summed E-state index contributed by atoms with van der Waals surface area (Å²) in [4.78, 5) is 12.1. The van der Waals surface area contributed by atoms with E-state index in [1.165, 1.54) is 38.5 Å². The second-order valence-corrected chi connectivity index (χ2v) is 7.46. The first-order chi connectivity index (χ1) is 9.15. The van der Waals surface area contributed by atoms with Gasteiger partial charge in [-0.25, -0.2) is 0 Å². The highest BCUT2D eigenvalue weighted by molar-refractivity contribution is 8.00. The van der Waals surface area contributed by atoms with Gasteiger partial charge in [-0.05, 0) is 38.9 Å². The molecular formula is C15H28N2OS. The summed E-state index contributed by atoms with van der Waals surface area (Å²) in [6, 6.07) is 0.357. The zero-order valence-electron chi connectivity index (χ0n) is 12.3. The van der Waals surface area contributed by atoms with Crippen LogP contribution < -0.4 is 10.6 Å². The maximum Gasteiger partial charge on any atom is 0.237 e. The van der Waals surface area contributed by atoms with E-state index in [-0.39, 0.29) is 11.9 Å². The van der Waals surface area contributed by atoms with E-state index in [4.69, 9.17) is 0 Å². The van der Waals surface area contributed by atoms with Crippen LogP contribution in [-0.4, -0.2) is 35.5 Å². The van der Waals surface area contributed by atoms with Gasteiger partial charge >= 0.3 is 0 Å². The smallest absolute Gasteiger partial charge is 0.237 e. The Hall–Kier alpha value is -0.220. The highest BCUT2D eigenvalue weighted by Gasteiger charge is 2.36. The van der Waals surface area contributed by atoms with Crippen LogP contribution in [0.25, 0.3) is 0 Å². The average Bonchev–Trinajstić information content (AvgIpc) is 2.39. The van der Waals surface area contributed by atoms with E-state index < -0.39 is 0 Å². The third-order valence-corrected chi connectivity index (χ3v) is 6.19. The molecule has 1 amide bonds. The summed E-state index contributed by atoms with van der Waals surface area (Å²) < 4.78 is 0.402. The van der Waals surface area contributed by atoms with Crippen LogP contribution in [0.1, 0.15) is 58.3 Å². The second kappa shape index (κ2) is 6.98. The highest BCUT2D eigenvalue weighted by atomic mass is 32.2. The monoisotopic (exact) mass is 284 g/mol. The third kappa shape index (κ3) is 4.12. The Kier molecular flexibility index (Phi) is 5.58. The quantitative estimate of drug-likeness (QED) is 0.788. The van der Waals surface area contributed by atoms with Crippen LogP contribution >= 0.6 is 11.8 Å². The topological polar surface area (TPSA) is 41.1 Å². The molecule has 2 rings (SSSR count). The molecule has 0 aromatic carbocycles. The largest absolute Gasteiger partial charge is 0.352 e. The van der Waals surface area contributed by atoms with Crippen molar-refractivity contribution in [3.05, 3.63) is 0 Å². The van der Waals surface area contributed by atoms with E-state index in [0.29, 0.717) is 10.8 Å². The number of hydrogen-bond acceptors (Lipinski definition) is 3. The molecular weight excluding hydrogens is 256 g/mol. The third-order valence-electron chi connectivity index (χ3n) is 4.77. The molecule has 110 valence electrons. The van der Waals surface area contributed by atoms with Crippen LogP contribution in [0, 0.1) is 0 Å². The van der Waals surface area contributed by atoms with Crippen molar-refractivity contribution < 1.29 is 4.79 Å². The van der Waals surface area contributed by atoms with Crippen LogP contribution in [0.3, 0.4) is 0 Å². The first-order valence-corrected chi connectivity index (χ1v) is 8.97. The van der Waals surface area contributed by atoms with E-state index in [1.54, 1.807) is 0 Å². The molecule has 0 radical (unpaired) electrons. The van der Waals surface area contributed by atoms with Gasteiger partial charge in [0.2, 0.25) is 5.91 Å². The Morgan fingerprint density at radius 2 is 1.95 bits per heavy atom. The minimum Gasteiger partial charge on any atom is -0.352 e. The highest BCUT2D eigenvalue weighted by Crippen LogP contribution is 2.42. The van der Waals surface area contributed by atoms with Crippen molar-refractivity contribution in [3.63, 3.8) is 0 Å². The summed E-state index contributed by atoms with van der Waals surface area (Å²) in [6.07, 6.45) is 12.3. The van der Waals surface area contributed by atoms with Gasteiger partial charge in [-0.3, -0.25) is 4.79 Å². The summed E-state index contributed by atoms with van der Waals surface area (Å²) in [5, 5.41) is 6.63. The number of thioether (sulfide) groups is 1. The van der Waals surface area contributed by atoms with Gasteiger partial charge < -0.3 is 10.6 Å². The lowest BCUT2D eigenvalue weighted by Crippen LogP contribution is -2.52. The zero-order valence-corrected chi connectivity index (χ0v) is 13.2. The maximum absolute atomic E-state index is 12.1. The van der Waals surface area contributed by atoms with Crippen molar-refractivity contribution in [2.75, 3.05) is 12.8 Å². The minimum absolute atomic E-state index is 0.0634. The number of nitrogens with one attached hydrogen (secondary N) is 2. The van der Waals surface area contributed by atoms with E-state index in [1.807, 2.05) is 18.7 Å². The van der Waals surface area contributed by atoms with Crippen molar-refractivity contribution >= 4 is 17.7 Å². The molecule has 0 aromatic heterocycles. The second-order valence-electron chi connectivity index (χ2n) is 6.19. The minimum atomic E-state index is -0.0634. The summed E-state index contributed by atoms with van der Waals surface area (Å²) in [7, 11) is 0. The molecule has 2 aliphatic carbocycles. The Labute approximate surface area is 121 Å². The predicted octanol–water partition coefficient (Wildman–Crippen LogP) is 2.70. The molecule has 2 fully saturated rings. The van der Waals surface area contributed by atoms with Crippen LogP contribution in [0.15, 0.2) is 0 Å². The summed E-state index contributed by atoms with van der Waals surface area (Å²) in [5.41, 5.74) is 0. The molecule has 1 atom stereocenters. The molecule has 3 nitrogen and oxygen atoms in total. The lowest BCUT2D eigenvalue weighted by molar-refractivity contribution is -0.123. The molecule has 0 heterocycles. The van der Waals surface area contributed by atoms with Crippen molar-refractivity contribution in [1.82, 2.24) is 10.6 Å². The van der Waals surface area contributed by atoms with Crippen molar-refractivity contribution in [2.45, 2.75) is 75.1 Å². The average molecular weight is 284 g/mol. The fraction of sp³-hybridized carbons (Fsp3) is 0.933. The molecule has 0 aromatic rings. The summed E-state index contributed by atoms with van der Waals surface area (Å²) in [5.74, 6) is 0.183. The number of hydrogen-bond donors (Lipinski definition) is 2.